The van der Waals surface area contributed by atoms with E-state index in [0.717, 1.165) is 12.8 Å². The number of hydrogen-bond acceptors (Lipinski definition) is 3. The van der Waals surface area contributed by atoms with E-state index in [0.29, 0.717) is 13.0 Å². The van der Waals surface area contributed by atoms with Gasteiger partial charge in [-0.3, -0.25) is 14.5 Å². The van der Waals surface area contributed by atoms with E-state index >= 15 is 0 Å². The molecule has 0 bridgehead atoms. The fourth-order valence-corrected chi connectivity index (χ4v) is 1.18. The Morgan fingerprint density at radius 2 is 2.27 bits per heavy atom. The van der Waals surface area contributed by atoms with Crippen LogP contribution in [0.15, 0.2) is 0 Å². The Hall–Kier alpha value is -0.900. The molecule has 0 spiro atoms. The van der Waals surface area contributed by atoms with Crippen molar-refractivity contribution in [3.63, 3.8) is 0 Å². The molecule has 1 rings (SSSR count). The second-order valence-corrected chi connectivity index (χ2v) is 2.60. The van der Waals surface area contributed by atoms with Crippen molar-refractivity contribution in [2.45, 2.75) is 19.3 Å². The van der Waals surface area contributed by atoms with Gasteiger partial charge in [-0.15, -0.1) is 0 Å². The number of hydrogen-bond donors (Lipinski definition) is 1. The van der Waals surface area contributed by atoms with Gasteiger partial charge in [-0.1, -0.05) is 0 Å². The van der Waals surface area contributed by atoms with Crippen LogP contribution in [-0.4, -0.2) is 29.8 Å². The first kappa shape index (κ1) is 8.20. The Morgan fingerprint density at radius 1 is 1.55 bits per heavy atom. The van der Waals surface area contributed by atoms with Crippen molar-refractivity contribution in [3.8, 4) is 0 Å². The Labute approximate surface area is 65.3 Å². The van der Waals surface area contributed by atoms with Gasteiger partial charge in [0, 0.05) is 13.0 Å². The van der Waals surface area contributed by atoms with E-state index in [-0.39, 0.29) is 18.4 Å². The van der Waals surface area contributed by atoms with E-state index in [1.807, 2.05) is 0 Å². The van der Waals surface area contributed by atoms with Crippen LogP contribution in [-0.2, 0) is 9.59 Å². The van der Waals surface area contributed by atoms with Gasteiger partial charge in [-0.2, -0.15) is 0 Å². The minimum Gasteiger partial charge on any atom is -0.322 e. The van der Waals surface area contributed by atoms with Crippen molar-refractivity contribution in [3.05, 3.63) is 0 Å². The average Bonchev–Trinajstić information content (AvgIpc) is 2.04. The normalized spacial score (nSPS) is 18.6. The number of nitrogens with two attached hydrogens (primary N) is 1. The largest absolute Gasteiger partial charge is 0.322 e. The third-order valence-corrected chi connectivity index (χ3v) is 1.80. The highest BCUT2D eigenvalue weighted by Crippen LogP contribution is 2.09. The van der Waals surface area contributed by atoms with Gasteiger partial charge in [0.2, 0.25) is 11.8 Å². The Bertz CT molecular complexity index is 171. The third kappa shape index (κ3) is 1.77. The number of rotatable bonds is 1. The summed E-state index contributed by atoms with van der Waals surface area (Å²) in [6.45, 7) is 0.487. The first-order valence-electron chi connectivity index (χ1n) is 3.79. The molecule has 62 valence electrons. The maximum absolute atomic E-state index is 11.0. The van der Waals surface area contributed by atoms with Gasteiger partial charge < -0.3 is 5.73 Å². The highest BCUT2D eigenvalue weighted by molar-refractivity contribution is 5.96. The zero-order valence-corrected chi connectivity index (χ0v) is 6.38. The average molecular weight is 156 g/mol. The van der Waals surface area contributed by atoms with Crippen LogP contribution in [0.3, 0.4) is 0 Å². The van der Waals surface area contributed by atoms with Crippen LogP contribution in [0.1, 0.15) is 19.3 Å². The van der Waals surface area contributed by atoms with E-state index in [9.17, 15) is 9.59 Å². The topological polar surface area (TPSA) is 63.4 Å². The smallest absolute Gasteiger partial charge is 0.242 e. The molecule has 0 aromatic carbocycles. The zero-order chi connectivity index (χ0) is 8.27. The summed E-state index contributed by atoms with van der Waals surface area (Å²) < 4.78 is 0. The Balaban J connectivity index is 2.54. The summed E-state index contributed by atoms with van der Waals surface area (Å²) >= 11 is 0. The first-order valence-corrected chi connectivity index (χ1v) is 3.79. The van der Waals surface area contributed by atoms with Gasteiger partial charge in [0.05, 0.1) is 6.54 Å². The highest BCUT2D eigenvalue weighted by Gasteiger charge is 2.22. The van der Waals surface area contributed by atoms with Crippen LogP contribution in [0.4, 0.5) is 0 Å². The maximum atomic E-state index is 11.0. The predicted molar refractivity (Wildman–Crippen MR) is 39.6 cm³/mol. The number of nitrogens with zero attached hydrogens (tertiary/aromatic N) is 1. The second kappa shape index (κ2) is 3.48. The fraction of sp³-hybridized carbons (Fsp3) is 0.714. The van der Waals surface area contributed by atoms with Crippen LogP contribution >= 0.6 is 0 Å². The summed E-state index contributed by atoms with van der Waals surface area (Å²) in [7, 11) is 0. The first-order chi connectivity index (χ1) is 5.25. The van der Waals surface area contributed by atoms with Crippen LogP contribution in [0, 0.1) is 0 Å². The van der Waals surface area contributed by atoms with Gasteiger partial charge in [0.1, 0.15) is 0 Å². The van der Waals surface area contributed by atoms with E-state index < -0.39 is 0 Å². The number of piperidine rings is 1. The van der Waals surface area contributed by atoms with Gasteiger partial charge in [0.15, 0.2) is 0 Å². The zero-order valence-electron chi connectivity index (χ0n) is 6.38. The summed E-state index contributed by atoms with van der Waals surface area (Å²) in [6, 6.07) is 0. The molecule has 1 heterocycles. The van der Waals surface area contributed by atoms with E-state index in [2.05, 4.69) is 0 Å². The molecule has 0 aromatic rings. The lowest BCUT2D eigenvalue weighted by molar-refractivity contribution is -0.145. The molecular weight excluding hydrogens is 144 g/mol. The second-order valence-electron chi connectivity index (χ2n) is 2.60. The molecule has 0 aliphatic carbocycles. The molecule has 0 radical (unpaired) electrons. The molecule has 4 nitrogen and oxygen atoms in total. The van der Waals surface area contributed by atoms with E-state index in [1.54, 1.807) is 0 Å². The number of likely N-dealkylation sites (tertiary alicyclic amines) is 1. The van der Waals surface area contributed by atoms with Crippen LogP contribution in [0.5, 0.6) is 0 Å². The van der Waals surface area contributed by atoms with Crippen LogP contribution < -0.4 is 5.73 Å². The quantitative estimate of drug-likeness (QED) is 0.556. The van der Waals surface area contributed by atoms with Crippen molar-refractivity contribution >= 4 is 11.8 Å². The molecule has 1 aliphatic heterocycles. The fourth-order valence-electron chi connectivity index (χ4n) is 1.18. The SMILES string of the molecule is NCC(=O)N1CCCCC1=O. The Morgan fingerprint density at radius 3 is 2.82 bits per heavy atom. The van der Waals surface area contributed by atoms with Gasteiger partial charge in [-0.25, -0.2) is 0 Å². The van der Waals surface area contributed by atoms with Crippen molar-refractivity contribution in [1.82, 2.24) is 4.90 Å². The van der Waals surface area contributed by atoms with E-state index in [1.165, 1.54) is 4.90 Å². The predicted octanol–water partition coefficient (Wildman–Crippen LogP) is -0.516. The molecule has 0 aromatic heterocycles. The summed E-state index contributed by atoms with van der Waals surface area (Å²) in [5.41, 5.74) is 5.12. The van der Waals surface area contributed by atoms with Crippen molar-refractivity contribution in [2.75, 3.05) is 13.1 Å². The molecule has 1 aliphatic rings. The highest BCUT2D eigenvalue weighted by atomic mass is 16.2. The molecular formula is C7H12N2O2. The van der Waals surface area contributed by atoms with Crippen LogP contribution in [0.2, 0.25) is 0 Å². The molecule has 2 N–H and O–H groups in total. The van der Waals surface area contributed by atoms with Crippen molar-refractivity contribution < 1.29 is 9.59 Å². The molecule has 11 heavy (non-hydrogen) atoms. The third-order valence-electron chi connectivity index (χ3n) is 1.80. The lowest BCUT2D eigenvalue weighted by atomic mass is 10.1. The monoisotopic (exact) mass is 156 g/mol. The maximum Gasteiger partial charge on any atom is 0.242 e. The minimum atomic E-state index is -0.255. The number of amides is 2. The lowest BCUT2D eigenvalue weighted by Gasteiger charge is -2.23. The molecule has 4 heteroatoms. The molecule has 2 amide bonds. The number of carbonyl (C=O) groups is 2. The summed E-state index contributed by atoms with van der Waals surface area (Å²) in [4.78, 5) is 23.3. The molecule has 0 saturated carbocycles. The standard InChI is InChI=1S/C7H12N2O2/c8-5-7(11)9-4-2-1-3-6(9)10/h1-5,8H2. The van der Waals surface area contributed by atoms with Crippen molar-refractivity contribution in [1.29, 1.82) is 0 Å². The number of carbonyl (C=O) groups excluding carboxylic acids is 2. The summed E-state index contributed by atoms with van der Waals surface area (Å²) in [6.07, 6.45) is 2.30. The summed E-state index contributed by atoms with van der Waals surface area (Å²) in [5, 5.41) is 0. The van der Waals surface area contributed by atoms with Gasteiger partial charge in [0.25, 0.3) is 0 Å². The van der Waals surface area contributed by atoms with Crippen molar-refractivity contribution in [2.24, 2.45) is 5.73 Å². The summed E-state index contributed by atoms with van der Waals surface area (Å²) in [5.74, 6) is -0.332. The molecule has 1 fully saturated rings. The molecule has 0 unspecified atom stereocenters. The molecule has 0 atom stereocenters. The van der Waals surface area contributed by atoms with Gasteiger partial charge >= 0.3 is 0 Å². The lowest BCUT2D eigenvalue weighted by Crippen LogP contribution is -2.43. The van der Waals surface area contributed by atoms with Crippen LogP contribution in [0.25, 0.3) is 0 Å². The van der Waals surface area contributed by atoms with E-state index in [4.69, 9.17) is 5.73 Å². The number of imide groups is 1. The molecule has 1 saturated heterocycles. The minimum absolute atomic E-state index is 0.0638. The van der Waals surface area contributed by atoms with Gasteiger partial charge in [-0.05, 0) is 12.8 Å². The Kier molecular flexibility index (Phi) is 2.59.